The van der Waals surface area contributed by atoms with Crippen LogP contribution in [-0.2, 0) is 0 Å². The third-order valence-corrected chi connectivity index (χ3v) is 2.64. The first-order valence-electron chi connectivity index (χ1n) is 5.45. The van der Waals surface area contributed by atoms with E-state index in [4.69, 9.17) is 5.26 Å². The van der Waals surface area contributed by atoms with E-state index < -0.39 is 0 Å². The van der Waals surface area contributed by atoms with Crippen LogP contribution in [0.3, 0.4) is 0 Å². The number of hydrogen-bond donors (Lipinski definition) is 1. The zero-order chi connectivity index (χ0) is 11.1. The van der Waals surface area contributed by atoms with Gasteiger partial charge in [0, 0.05) is 12.6 Å². The summed E-state index contributed by atoms with van der Waals surface area (Å²) in [7, 11) is 0. The number of nitrogens with one attached hydrogen (secondary N) is 1. The maximum absolute atomic E-state index is 9.08. The van der Waals surface area contributed by atoms with Crippen LogP contribution < -0.4 is 5.32 Å². The Morgan fingerprint density at radius 3 is 2.53 bits per heavy atom. The smallest absolute Gasteiger partial charge is 0.0837 e. The largest absolute Gasteiger partial charge is 0.313 e. The quantitative estimate of drug-likeness (QED) is 0.796. The molecule has 0 saturated heterocycles. The predicted molar refractivity (Wildman–Crippen MR) is 62.6 cm³/mol. The summed E-state index contributed by atoms with van der Waals surface area (Å²) in [5.41, 5.74) is 1.09. The molecule has 0 aromatic heterocycles. The summed E-state index contributed by atoms with van der Waals surface area (Å²) in [5.74, 6) is -0.0415. The van der Waals surface area contributed by atoms with Crippen LogP contribution in [0, 0.1) is 11.3 Å². The molecule has 0 aliphatic carbocycles. The Balaban J connectivity index is 2.55. The van der Waals surface area contributed by atoms with Gasteiger partial charge in [0.2, 0.25) is 0 Å². The van der Waals surface area contributed by atoms with E-state index in [1.165, 1.54) is 0 Å². The first-order chi connectivity index (χ1) is 7.27. The molecule has 15 heavy (non-hydrogen) atoms. The molecule has 0 aliphatic rings. The molecule has 1 N–H and O–H groups in total. The fourth-order valence-electron chi connectivity index (χ4n) is 1.39. The van der Waals surface area contributed by atoms with Gasteiger partial charge in [0.05, 0.1) is 12.0 Å². The highest BCUT2D eigenvalue weighted by molar-refractivity contribution is 5.25. The van der Waals surface area contributed by atoms with E-state index in [-0.39, 0.29) is 5.92 Å². The molecule has 2 nitrogen and oxygen atoms in total. The maximum Gasteiger partial charge on any atom is 0.0837 e. The van der Waals surface area contributed by atoms with E-state index in [2.05, 4.69) is 25.2 Å². The lowest BCUT2D eigenvalue weighted by Crippen LogP contribution is -2.29. The molecule has 0 radical (unpaired) electrons. The van der Waals surface area contributed by atoms with Gasteiger partial charge in [-0.05, 0) is 18.9 Å². The Morgan fingerprint density at radius 1 is 1.33 bits per heavy atom. The van der Waals surface area contributed by atoms with E-state index in [0.29, 0.717) is 6.04 Å². The van der Waals surface area contributed by atoms with Crippen LogP contribution in [0.15, 0.2) is 30.3 Å². The summed E-state index contributed by atoms with van der Waals surface area (Å²) >= 11 is 0. The summed E-state index contributed by atoms with van der Waals surface area (Å²) in [6, 6.07) is 12.7. The SMILES string of the molecule is CCC(C)NCC(C#N)c1ccccc1. The topological polar surface area (TPSA) is 35.8 Å². The number of benzene rings is 1. The molecule has 0 spiro atoms. The van der Waals surface area contributed by atoms with Crippen molar-refractivity contribution in [1.29, 1.82) is 5.26 Å². The fraction of sp³-hybridized carbons (Fsp3) is 0.462. The van der Waals surface area contributed by atoms with E-state index >= 15 is 0 Å². The van der Waals surface area contributed by atoms with Crippen molar-refractivity contribution in [3.63, 3.8) is 0 Å². The van der Waals surface area contributed by atoms with Crippen LogP contribution in [0.2, 0.25) is 0 Å². The highest BCUT2D eigenvalue weighted by Gasteiger charge is 2.10. The summed E-state index contributed by atoms with van der Waals surface area (Å²) in [4.78, 5) is 0. The molecule has 2 heteroatoms. The normalized spacial score (nSPS) is 14.2. The fourth-order valence-corrected chi connectivity index (χ4v) is 1.39. The van der Waals surface area contributed by atoms with Crippen molar-refractivity contribution in [2.45, 2.75) is 32.2 Å². The van der Waals surface area contributed by atoms with Gasteiger partial charge in [-0.25, -0.2) is 0 Å². The van der Waals surface area contributed by atoms with E-state index in [1.807, 2.05) is 30.3 Å². The van der Waals surface area contributed by atoms with Crippen molar-refractivity contribution in [3.8, 4) is 6.07 Å². The molecule has 2 unspecified atom stereocenters. The van der Waals surface area contributed by atoms with Gasteiger partial charge in [0.1, 0.15) is 0 Å². The van der Waals surface area contributed by atoms with E-state index in [1.54, 1.807) is 0 Å². The molecule has 2 atom stereocenters. The highest BCUT2D eigenvalue weighted by Crippen LogP contribution is 2.13. The minimum atomic E-state index is -0.0415. The Kier molecular flexibility index (Phi) is 4.86. The molecular formula is C13H18N2. The lowest BCUT2D eigenvalue weighted by molar-refractivity contribution is 0.523. The van der Waals surface area contributed by atoms with Crippen LogP contribution in [-0.4, -0.2) is 12.6 Å². The van der Waals surface area contributed by atoms with Gasteiger partial charge in [-0.2, -0.15) is 5.26 Å². The van der Waals surface area contributed by atoms with Crippen molar-refractivity contribution in [2.24, 2.45) is 0 Å². The molecule has 0 fully saturated rings. The van der Waals surface area contributed by atoms with Gasteiger partial charge >= 0.3 is 0 Å². The second-order valence-electron chi connectivity index (χ2n) is 3.81. The molecule has 0 amide bonds. The molecule has 0 bridgehead atoms. The van der Waals surface area contributed by atoms with Crippen molar-refractivity contribution >= 4 is 0 Å². The molecular weight excluding hydrogens is 184 g/mol. The standard InChI is InChI=1S/C13H18N2/c1-3-11(2)15-10-13(9-14)12-7-5-4-6-8-12/h4-8,11,13,15H,3,10H2,1-2H3. The molecule has 1 rings (SSSR count). The molecule has 0 aliphatic heterocycles. The van der Waals surface area contributed by atoms with Gasteiger partial charge in [-0.1, -0.05) is 37.3 Å². The van der Waals surface area contributed by atoms with Gasteiger partial charge in [-0.3, -0.25) is 0 Å². The number of nitrogens with zero attached hydrogens (tertiary/aromatic N) is 1. The third-order valence-electron chi connectivity index (χ3n) is 2.64. The Bertz CT molecular complexity index is 313. The van der Waals surface area contributed by atoms with Crippen molar-refractivity contribution in [2.75, 3.05) is 6.54 Å². The Labute approximate surface area is 91.9 Å². The van der Waals surface area contributed by atoms with E-state index in [9.17, 15) is 0 Å². The third kappa shape index (κ3) is 3.73. The molecule has 80 valence electrons. The Hall–Kier alpha value is -1.33. The minimum absolute atomic E-state index is 0.0415. The number of hydrogen-bond acceptors (Lipinski definition) is 2. The van der Waals surface area contributed by atoms with E-state index in [0.717, 1.165) is 18.5 Å². The minimum Gasteiger partial charge on any atom is -0.313 e. The zero-order valence-electron chi connectivity index (χ0n) is 9.40. The Morgan fingerprint density at radius 2 is 2.00 bits per heavy atom. The van der Waals surface area contributed by atoms with Crippen molar-refractivity contribution in [3.05, 3.63) is 35.9 Å². The van der Waals surface area contributed by atoms with Crippen LogP contribution in [0.4, 0.5) is 0 Å². The maximum atomic E-state index is 9.08. The van der Waals surface area contributed by atoms with Crippen molar-refractivity contribution < 1.29 is 0 Å². The van der Waals surface area contributed by atoms with Gasteiger partial charge in [0.15, 0.2) is 0 Å². The lowest BCUT2D eigenvalue weighted by Gasteiger charge is -2.14. The number of nitriles is 1. The summed E-state index contributed by atoms with van der Waals surface area (Å²) < 4.78 is 0. The first kappa shape index (κ1) is 11.7. The molecule has 0 heterocycles. The van der Waals surface area contributed by atoms with Crippen LogP contribution in [0.25, 0.3) is 0 Å². The first-order valence-corrected chi connectivity index (χ1v) is 5.45. The highest BCUT2D eigenvalue weighted by atomic mass is 14.9. The second-order valence-corrected chi connectivity index (χ2v) is 3.81. The van der Waals surface area contributed by atoms with Crippen molar-refractivity contribution in [1.82, 2.24) is 5.32 Å². The molecule has 1 aromatic rings. The summed E-state index contributed by atoms with van der Waals surface area (Å²) in [6.07, 6.45) is 1.09. The summed E-state index contributed by atoms with van der Waals surface area (Å²) in [5, 5.41) is 12.4. The average Bonchev–Trinajstić information content (AvgIpc) is 2.31. The predicted octanol–water partition coefficient (Wildman–Crippen LogP) is 2.68. The van der Waals surface area contributed by atoms with Gasteiger partial charge in [0.25, 0.3) is 0 Å². The van der Waals surface area contributed by atoms with Gasteiger partial charge < -0.3 is 5.32 Å². The monoisotopic (exact) mass is 202 g/mol. The number of rotatable bonds is 5. The molecule has 1 aromatic carbocycles. The summed E-state index contributed by atoms with van der Waals surface area (Å²) in [6.45, 7) is 5.01. The molecule has 0 saturated carbocycles. The lowest BCUT2D eigenvalue weighted by atomic mass is 10.0. The van der Waals surface area contributed by atoms with Crippen LogP contribution in [0.5, 0.6) is 0 Å². The average molecular weight is 202 g/mol. The van der Waals surface area contributed by atoms with Gasteiger partial charge in [-0.15, -0.1) is 0 Å². The zero-order valence-corrected chi connectivity index (χ0v) is 9.40. The van der Waals surface area contributed by atoms with Crippen LogP contribution >= 0.6 is 0 Å². The second kappa shape index (κ2) is 6.21. The van der Waals surface area contributed by atoms with Crippen LogP contribution in [0.1, 0.15) is 31.7 Å².